The van der Waals surface area contributed by atoms with Crippen molar-refractivity contribution in [3.63, 3.8) is 0 Å². The fourth-order valence-corrected chi connectivity index (χ4v) is 4.87. The van der Waals surface area contributed by atoms with Gasteiger partial charge in [0.15, 0.2) is 5.65 Å². The number of urea groups is 1. The monoisotopic (exact) mass is 508 g/mol. The molecule has 12 nitrogen and oxygen atoms in total. The number of hydrogen-bond acceptors (Lipinski definition) is 8. The molecule has 3 amide bonds. The van der Waals surface area contributed by atoms with Crippen molar-refractivity contribution in [3.05, 3.63) is 30.0 Å². The quantitative estimate of drug-likeness (QED) is 0.460. The van der Waals surface area contributed by atoms with Gasteiger partial charge in [-0.05, 0) is 25.0 Å². The Labute approximate surface area is 214 Å². The van der Waals surface area contributed by atoms with Crippen molar-refractivity contribution >= 4 is 34.6 Å². The zero-order valence-electron chi connectivity index (χ0n) is 21.1. The van der Waals surface area contributed by atoms with Crippen molar-refractivity contribution in [2.75, 3.05) is 70.4 Å². The molecule has 37 heavy (non-hydrogen) atoms. The molecule has 2 fully saturated rings. The van der Waals surface area contributed by atoms with Gasteiger partial charge in [0.25, 0.3) is 0 Å². The van der Waals surface area contributed by atoms with E-state index in [0.717, 1.165) is 48.3 Å². The van der Waals surface area contributed by atoms with Crippen LogP contribution in [-0.4, -0.2) is 97.2 Å². The number of rotatable bonds is 6. The number of benzene rings is 1. The van der Waals surface area contributed by atoms with Gasteiger partial charge in [-0.3, -0.25) is 9.89 Å². The fraction of sp³-hybridized carbons (Fsp3) is 0.480. The summed E-state index contributed by atoms with van der Waals surface area (Å²) in [5, 5.41) is 14.1. The fourth-order valence-electron chi connectivity index (χ4n) is 4.87. The number of aromatic amines is 1. The summed E-state index contributed by atoms with van der Waals surface area (Å²) < 4.78 is 10.5. The van der Waals surface area contributed by atoms with E-state index in [2.05, 4.69) is 20.6 Å². The van der Waals surface area contributed by atoms with Gasteiger partial charge in [0.2, 0.25) is 11.9 Å². The van der Waals surface area contributed by atoms with Crippen LogP contribution in [0, 0.1) is 0 Å². The first kappa shape index (κ1) is 24.9. The Hall–Kier alpha value is -3.77. The van der Waals surface area contributed by atoms with E-state index in [9.17, 15) is 9.59 Å². The highest BCUT2D eigenvalue weighted by molar-refractivity contribution is 5.94. The number of likely N-dealkylation sites (tertiary alicyclic amines) is 1. The van der Waals surface area contributed by atoms with E-state index >= 15 is 0 Å². The van der Waals surface area contributed by atoms with E-state index in [1.807, 2.05) is 29.2 Å². The van der Waals surface area contributed by atoms with Gasteiger partial charge < -0.3 is 29.9 Å². The van der Waals surface area contributed by atoms with Crippen LogP contribution in [0.1, 0.15) is 24.5 Å². The lowest BCUT2D eigenvalue weighted by molar-refractivity contribution is -0.136. The van der Waals surface area contributed by atoms with Crippen LogP contribution >= 0.6 is 0 Å². The van der Waals surface area contributed by atoms with E-state index in [4.69, 9.17) is 24.5 Å². The Morgan fingerprint density at radius 3 is 2.51 bits per heavy atom. The molecule has 12 heteroatoms. The summed E-state index contributed by atoms with van der Waals surface area (Å²) in [6, 6.07) is 7.32. The molecule has 0 unspecified atom stereocenters. The summed E-state index contributed by atoms with van der Waals surface area (Å²) in [5.41, 5.74) is 3.98. The van der Waals surface area contributed by atoms with Crippen molar-refractivity contribution in [2.24, 2.45) is 0 Å². The topological polar surface area (TPSA) is 138 Å². The summed E-state index contributed by atoms with van der Waals surface area (Å²) in [6.07, 6.45) is 1.60. The van der Waals surface area contributed by atoms with Gasteiger partial charge in [0.1, 0.15) is 6.61 Å². The van der Waals surface area contributed by atoms with Gasteiger partial charge in [0.05, 0.1) is 30.0 Å². The average molecular weight is 509 g/mol. The normalized spacial score (nSPS) is 16.7. The minimum Gasteiger partial charge on any atom is -0.378 e. The molecule has 0 spiro atoms. The highest BCUT2D eigenvalue weighted by Gasteiger charge is 2.29. The average Bonchev–Trinajstić information content (AvgIpc) is 3.38. The van der Waals surface area contributed by atoms with E-state index in [1.54, 1.807) is 7.05 Å². The predicted octanol–water partition coefficient (Wildman–Crippen LogP) is 1.96. The van der Waals surface area contributed by atoms with E-state index in [0.29, 0.717) is 43.6 Å². The van der Waals surface area contributed by atoms with Crippen molar-refractivity contribution in [1.82, 2.24) is 30.4 Å². The molecule has 4 heterocycles. The van der Waals surface area contributed by atoms with Gasteiger partial charge in [0, 0.05) is 57.5 Å². The molecular weight excluding hydrogens is 476 g/mol. The van der Waals surface area contributed by atoms with Crippen molar-refractivity contribution in [2.45, 2.75) is 18.8 Å². The van der Waals surface area contributed by atoms with Crippen LogP contribution in [0.15, 0.2) is 24.3 Å². The molecule has 1 aromatic carbocycles. The molecule has 5 rings (SSSR count). The number of amides is 3. The Bertz CT molecular complexity index is 1250. The van der Waals surface area contributed by atoms with Crippen LogP contribution in [-0.2, 0) is 14.3 Å². The third-order valence-electron chi connectivity index (χ3n) is 6.87. The van der Waals surface area contributed by atoms with Crippen LogP contribution in [0.3, 0.4) is 0 Å². The zero-order valence-corrected chi connectivity index (χ0v) is 21.1. The van der Waals surface area contributed by atoms with Crippen LogP contribution in [0.25, 0.3) is 22.3 Å². The van der Waals surface area contributed by atoms with Gasteiger partial charge >= 0.3 is 6.03 Å². The number of anilines is 2. The molecule has 0 atom stereocenters. The molecule has 0 radical (unpaired) electrons. The molecule has 2 aliphatic rings. The third kappa shape index (κ3) is 5.35. The lowest BCUT2D eigenvalue weighted by atomic mass is 9.91. The molecule has 2 aromatic heterocycles. The van der Waals surface area contributed by atoms with Gasteiger partial charge in [-0.1, -0.05) is 12.1 Å². The lowest BCUT2D eigenvalue weighted by Crippen LogP contribution is -2.39. The standard InChI is InChI=1S/C25H32N8O4/c1-26-25(35)27-18-5-3-16(4-6-18)21-20-22(17-7-9-32(10-8-17)19(34)15-36-2)30-31-23(20)29-24(28-21)33-11-13-37-14-12-33/h3-6,17H,7-15H2,1-2H3,(H2,26,27,35)(H,28,29,30,31). The first-order valence-corrected chi connectivity index (χ1v) is 12.5. The van der Waals surface area contributed by atoms with E-state index < -0.39 is 0 Å². The van der Waals surface area contributed by atoms with Gasteiger partial charge in [-0.25, -0.2) is 9.78 Å². The zero-order chi connectivity index (χ0) is 25.8. The number of piperidine rings is 1. The maximum Gasteiger partial charge on any atom is 0.318 e. The Morgan fingerprint density at radius 1 is 1.11 bits per heavy atom. The second kappa shape index (κ2) is 11.1. The minimum atomic E-state index is -0.278. The maximum absolute atomic E-state index is 12.3. The molecular formula is C25H32N8O4. The Balaban J connectivity index is 1.50. The Morgan fingerprint density at radius 2 is 1.84 bits per heavy atom. The SMILES string of the molecule is CNC(=O)Nc1ccc(-c2nc(N3CCOCC3)nc3[nH]nc(C4CCN(C(=O)COC)CC4)c23)cc1. The molecule has 0 bridgehead atoms. The molecule has 0 aliphatic carbocycles. The van der Waals surface area contributed by atoms with E-state index in [1.165, 1.54) is 7.11 Å². The highest BCUT2D eigenvalue weighted by Crippen LogP contribution is 2.37. The summed E-state index contributed by atoms with van der Waals surface area (Å²) in [6.45, 7) is 4.11. The first-order valence-electron chi connectivity index (χ1n) is 12.5. The summed E-state index contributed by atoms with van der Waals surface area (Å²) >= 11 is 0. The van der Waals surface area contributed by atoms with Crippen LogP contribution in [0.5, 0.6) is 0 Å². The van der Waals surface area contributed by atoms with Crippen LogP contribution < -0.4 is 15.5 Å². The Kier molecular flexibility index (Phi) is 7.47. The van der Waals surface area contributed by atoms with Gasteiger partial charge in [-0.2, -0.15) is 10.1 Å². The number of nitrogens with zero attached hydrogens (tertiary/aromatic N) is 5. The van der Waals surface area contributed by atoms with Crippen molar-refractivity contribution in [3.8, 4) is 11.3 Å². The number of carbonyl (C=O) groups excluding carboxylic acids is 2. The number of nitrogens with one attached hydrogen (secondary N) is 3. The van der Waals surface area contributed by atoms with Crippen LogP contribution in [0.2, 0.25) is 0 Å². The second-order valence-corrected chi connectivity index (χ2v) is 9.17. The molecule has 0 saturated carbocycles. The lowest BCUT2D eigenvalue weighted by Gasteiger charge is -2.31. The highest BCUT2D eigenvalue weighted by atomic mass is 16.5. The summed E-state index contributed by atoms with van der Waals surface area (Å²) in [5.74, 6) is 0.817. The molecule has 3 N–H and O–H groups in total. The number of H-pyrrole nitrogens is 1. The third-order valence-corrected chi connectivity index (χ3v) is 6.87. The smallest absolute Gasteiger partial charge is 0.318 e. The minimum absolute atomic E-state index is 0.0115. The predicted molar refractivity (Wildman–Crippen MR) is 139 cm³/mol. The number of carbonyl (C=O) groups is 2. The molecule has 2 aliphatic heterocycles. The molecule has 196 valence electrons. The largest absolute Gasteiger partial charge is 0.378 e. The van der Waals surface area contributed by atoms with Crippen molar-refractivity contribution in [1.29, 1.82) is 0 Å². The van der Waals surface area contributed by atoms with E-state index in [-0.39, 0.29) is 24.5 Å². The van der Waals surface area contributed by atoms with Crippen molar-refractivity contribution < 1.29 is 19.1 Å². The summed E-state index contributed by atoms with van der Waals surface area (Å²) in [4.78, 5) is 37.8. The number of aromatic nitrogens is 4. The summed E-state index contributed by atoms with van der Waals surface area (Å²) in [7, 11) is 3.11. The first-order chi connectivity index (χ1) is 18.1. The number of hydrogen-bond donors (Lipinski definition) is 3. The number of fused-ring (bicyclic) bond motifs is 1. The maximum atomic E-state index is 12.3. The van der Waals surface area contributed by atoms with Crippen LogP contribution in [0.4, 0.5) is 16.4 Å². The second-order valence-electron chi connectivity index (χ2n) is 9.17. The number of ether oxygens (including phenoxy) is 2. The van der Waals surface area contributed by atoms with Gasteiger partial charge in [-0.15, -0.1) is 0 Å². The number of morpholine rings is 1. The molecule has 3 aromatic rings. The number of methoxy groups -OCH3 is 1. The molecule has 2 saturated heterocycles.